The Hall–Kier alpha value is -2.50. The van der Waals surface area contributed by atoms with E-state index in [-0.39, 0.29) is 18.6 Å². The van der Waals surface area contributed by atoms with Crippen LogP contribution < -0.4 is 14.8 Å². The molecule has 0 bridgehead atoms. The Kier molecular flexibility index (Phi) is 6.23. The molecule has 1 aromatic carbocycles. The van der Waals surface area contributed by atoms with E-state index in [2.05, 4.69) is 5.32 Å². The van der Waals surface area contributed by atoms with E-state index >= 15 is 0 Å². The second-order valence-corrected chi connectivity index (χ2v) is 5.74. The summed E-state index contributed by atoms with van der Waals surface area (Å²) in [6.07, 6.45) is 5.13. The fourth-order valence-electron chi connectivity index (χ4n) is 2.31. The molecule has 0 saturated heterocycles. The van der Waals surface area contributed by atoms with Gasteiger partial charge in [-0.15, -0.1) is 0 Å². The first kappa shape index (κ1) is 17.8. The summed E-state index contributed by atoms with van der Waals surface area (Å²) in [5, 5.41) is 2.83. The maximum absolute atomic E-state index is 11.7. The molecule has 0 spiro atoms. The second kappa shape index (κ2) is 8.38. The molecule has 1 aliphatic carbocycles. The summed E-state index contributed by atoms with van der Waals surface area (Å²) in [4.78, 5) is 23.4. The first-order valence-corrected chi connectivity index (χ1v) is 7.89. The lowest BCUT2D eigenvalue weighted by atomic mass is 10.2. The maximum Gasteiger partial charge on any atom is 0.331 e. The minimum atomic E-state index is -0.581. The van der Waals surface area contributed by atoms with Crippen LogP contribution in [-0.2, 0) is 14.3 Å². The second-order valence-electron chi connectivity index (χ2n) is 5.74. The van der Waals surface area contributed by atoms with E-state index < -0.39 is 5.97 Å². The van der Waals surface area contributed by atoms with E-state index in [9.17, 15) is 9.59 Å². The number of esters is 1. The van der Waals surface area contributed by atoms with Crippen LogP contribution in [0.15, 0.2) is 24.3 Å². The van der Waals surface area contributed by atoms with Crippen LogP contribution in [0.1, 0.15) is 25.3 Å². The average molecular weight is 333 g/mol. The maximum atomic E-state index is 11.7. The highest BCUT2D eigenvalue weighted by Crippen LogP contribution is 2.32. The largest absolute Gasteiger partial charge is 0.497 e. The predicted molar refractivity (Wildman–Crippen MR) is 89.9 cm³/mol. The summed E-state index contributed by atoms with van der Waals surface area (Å²) < 4.78 is 15.3. The van der Waals surface area contributed by atoms with Gasteiger partial charge in [-0.2, -0.15) is 0 Å². The Bertz CT molecular complexity index is 622. The number of amides is 1. The van der Waals surface area contributed by atoms with Gasteiger partial charge in [-0.05, 0) is 43.9 Å². The molecule has 130 valence electrons. The minimum Gasteiger partial charge on any atom is -0.497 e. The van der Waals surface area contributed by atoms with Crippen molar-refractivity contribution in [1.82, 2.24) is 5.32 Å². The minimum absolute atomic E-state index is 0.135. The van der Waals surface area contributed by atoms with Crippen molar-refractivity contribution in [2.75, 3.05) is 20.8 Å². The Labute approximate surface area is 141 Å². The number of rotatable bonds is 8. The fourth-order valence-corrected chi connectivity index (χ4v) is 2.31. The standard InChI is InChI=1S/C18H23NO5/c1-12(13-4-5-13)19-17(20)11-24-18(21)9-7-14-6-8-15(22-2)10-16(14)23-3/h6-10,12-13H,4-5,11H2,1-3H3,(H,19,20)/b9-7+/t12-/m1/s1. The van der Waals surface area contributed by atoms with Crippen molar-refractivity contribution in [3.63, 3.8) is 0 Å². The van der Waals surface area contributed by atoms with Gasteiger partial charge in [0.1, 0.15) is 11.5 Å². The Balaban J connectivity index is 1.82. The third-order valence-corrected chi connectivity index (χ3v) is 3.90. The normalized spacial score (nSPS) is 15.0. The van der Waals surface area contributed by atoms with Crippen LogP contribution in [0, 0.1) is 5.92 Å². The van der Waals surface area contributed by atoms with Gasteiger partial charge < -0.3 is 19.5 Å². The first-order valence-electron chi connectivity index (χ1n) is 7.89. The third-order valence-electron chi connectivity index (χ3n) is 3.90. The van der Waals surface area contributed by atoms with Crippen molar-refractivity contribution in [2.24, 2.45) is 5.92 Å². The third kappa shape index (κ3) is 5.30. The molecule has 6 nitrogen and oxygen atoms in total. The molecular formula is C18H23NO5. The molecule has 1 N–H and O–H groups in total. The van der Waals surface area contributed by atoms with Crippen molar-refractivity contribution in [3.05, 3.63) is 29.8 Å². The molecule has 0 heterocycles. The van der Waals surface area contributed by atoms with Gasteiger partial charge in [-0.3, -0.25) is 4.79 Å². The molecule has 0 aliphatic heterocycles. The Morgan fingerprint density at radius 1 is 1.29 bits per heavy atom. The van der Waals surface area contributed by atoms with Crippen LogP contribution >= 0.6 is 0 Å². The molecular weight excluding hydrogens is 310 g/mol. The van der Waals surface area contributed by atoms with Gasteiger partial charge in [-0.25, -0.2) is 4.79 Å². The van der Waals surface area contributed by atoms with Gasteiger partial charge in [0.05, 0.1) is 14.2 Å². The van der Waals surface area contributed by atoms with Crippen LogP contribution in [0.4, 0.5) is 0 Å². The first-order chi connectivity index (χ1) is 11.5. The number of nitrogens with one attached hydrogen (secondary N) is 1. The van der Waals surface area contributed by atoms with Gasteiger partial charge in [-0.1, -0.05) is 0 Å². The number of benzene rings is 1. The number of carbonyl (C=O) groups is 2. The molecule has 2 rings (SSSR count). The highest BCUT2D eigenvalue weighted by Gasteiger charge is 2.28. The lowest BCUT2D eigenvalue weighted by Crippen LogP contribution is -2.36. The highest BCUT2D eigenvalue weighted by atomic mass is 16.5. The number of hydrogen-bond donors (Lipinski definition) is 1. The molecule has 0 aromatic heterocycles. The summed E-state index contributed by atoms with van der Waals surface area (Å²) in [5.74, 6) is 0.940. The van der Waals surface area contributed by atoms with E-state index in [0.29, 0.717) is 23.0 Å². The predicted octanol–water partition coefficient (Wildman–Crippen LogP) is 2.17. The SMILES string of the molecule is COc1ccc(/C=C/C(=O)OCC(=O)N[C@H](C)C2CC2)c(OC)c1. The van der Waals surface area contributed by atoms with Crippen LogP contribution in [0.2, 0.25) is 0 Å². The number of carbonyl (C=O) groups excluding carboxylic acids is 2. The van der Waals surface area contributed by atoms with Crippen LogP contribution in [-0.4, -0.2) is 38.7 Å². The molecule has 1 saturated carbocycles. The molecule has 6 heteroatoms. The van der Waals surface area contributed by atoms with E-state index in [0.717, 1.165) is 12.8 Å². The van der Waals surface area contributed by atoms with E-state index in [1.165, 1.54) is 13.2 Å². The quantitative estimate of drug-likeness (QED) is 0.583. The van der Waals surface area contributed by atoms with Crippen molar-refractivity contribution < 1.29 is 23.8 Å². The van der Waals surface area contributed by atoms with Crippen LogP contribution in [0.3, 0.4) is 0 Å². The van der Waals surface area contributed by atoms with Gasteiger partial charge in [0, 0.05) is 23.7 Å². The summed E-state index contributed by atoms with van der Waals surface area (Å²) in [7, 11) is 3.10. The summed E-state index contributed by atoms with van der Waals surface area (Å²) >= 11 is 0. The zero-order valence-electron chi connectivity index (χ0n) is 14.2. The Morgan fingerprint density at radius 3 is 2.67 bits per heavy atom. The van der Waals surface area contributed by atoms with Crippen molar-refractivity contribution in [3.8, 4) is 11.5 Å². The zero-order valence-corrected chi connectivity index (χ0v) is 14.2. The molecule has 1 amide bonds. The number of ether oxygens (including phenoxy) is 3. The van der Waals surface area contributed by atoms with Crippen molar-refractivity contribution in [1.29, 1.82) is 0 Å². The van der Waals surface area contributed by atoms with Gasteiger partial charge >= 0.3 is 5.97 Å². The smallest absolute Gasteiger partial charge is 0.331 e. The van der Waals surface area contributed by atoms with Gasteiger partial charge in [0.15, 0.2) is 6.61 Å². The monoisotopic (exact) mass is 333 g/mol. The van der Waals surface area contributed by atoms with Gasteiger partial charge in [0.2, 0.25) is 0 Å². The van der Waals surface area contributed by atoms with Crippen molar-refractivity contribution >= 4 is 18.0 Å². The van der Waals surface area contributed by atoms with Gasteiger partial charge in [0.25, 0.3) is 5.91 Å². The summed E-state index contributed by atoms with van der Waals surface area (Å²) in [6, 6.07) is 5.39. The molecule has 0 radical (unpaired) electrons. The molecule has 1 atom stereocenters. The summed E-state index contributed by atoms with van der Waals surface area (Å²) in [6.45, 7) is 1.69. The Morgan fingerprint density at radius 2 is 2.04 bits per heavy atom. The molecule has 1 aliphatic rings. The zero-order chi connectivity index (χ0) is 17.5. The van der Waals surface area contributed by atoms with Crippen LogP contribution in [0.5, 0.6) is 11.5 Å². The van der Waals surface area contributed by atoms with E-state index in [4.69, 9.17) is 14.2 Å². The molecule has 1 aromatic rings. The number of hydrogen-bond acceptors (Lipinski definition) is 5. The summed E-state index contributed by atoms with van der Waals surface area (Å²) in [5.41, 5.74) is 0.710. The molecule has 0 unspecified atom stereocenters. The lowest BCUT2D eigenvalue weighted by Gasteiger charge is -2.12. The van der Waals surface area contributed by atoms with Crippen LogP contribution in [0.25, 0.3) is 6.08 Å². The van der Waals surface area contributed by atoms with E-state index in [1.807, 2.05) is 6.92 Å². The average Bonchev–Trinajstić information content (AvgIpc) is 3.43. The lowest BCUT2D eigenvalue weighted by molar-refractivity contribution is -0.144. The number of methoxy groups -OCH3 is 2. The highest BCUT2D eigenvalue weighted by molar-refractivity contribution is 5.89. The van der Waals surface area contributed by atoms with Crippen molar-refractivity contribution in [2.45, 2.75) is 25.8 Å². The fraction of sp³-hybridized carbons (Fsp3) is 0.444. The van der Waals surface area contributed by atoms with E-state index in [1.54, 1.807) is 31.4 Å². The topological polar surface area (TPSA) is 73.9 Å². The molecule has 1 fully saturated rings. The molecule has 24 heavy (non-hydrogen) atoms.